The molecule has 104 valence electrons. The summed E-state index contributed by atoms with van der Waals surface area (Å²) in [6.45, 7) is 5.15. The largest absolute Gasteiger partial charge is 0.466 e. The molecular weight excluding hydrogens is 248 g/mol. The van der Waals surface area contributed by atoms with Crippen molar-refractivity contribution in [1.82, 2.24) is 0 Å². The summed E-state index contributed by atoms with van der Waals surface area (Å²) in [4.78, 5) is 22.9. The Morgan fingerprint density at radius 2 is 1.79 bits per heavy atom. The molecule has 2 atom stereocenters. The predicted molar refractivity (Wildman–Crippen MR) is 65.3 cm³/mol. The molecule has 0 rings (SSSR count). The van der Waals surface area contributed by atoms with Gasteiger partial charge in [-0.2, -0.15) is 10.5 Å². The second-order valence-electron chi connectivity index (χ2n) is 4.15. The molecular formula is C13H18N2O4. The van der Waals surface area contributed by atoms with Gasteiger partial charge in [-0.3, -0.25) is 9.59 Å². The molecule has 0 saturated carbocycles. The van der Waals surface area contributed by atoms with Crippen LogP contribution in [0.15, 0.2) is 0 Å². The number of rotatable bonds is 7. The van der Waals surface area contributed by atoms with Gasteiger partial charge >= 0.3 is 11.9 Å². The molecule has 0 spiro atoms. The molecule has 0 bridgehead atoms. The Balaban J connectivity index is 4.83. The fraction of sp³-hybridized carbons (Fsp3) is 0.692. The average Bonchev–Trinajstić information content (AvgIpc) is 2.38. The highest BCUT2D eigenvalue weighted by atomic mass is 16.5. The van der Waals surface area contributed by atoms with Gasteiger partial charge in [-0.1, -0.05) is 0 Å². The molecule has 2 unspecified atom stereocenters. The van der Waals surface area contributed by atoms with Gasteiger partial charge in [0.05, 0.1) is 30.8 Å². The van der Waals surface area contributed by atoms with Crippen molar-refractivity contribution in [2.45, 2.75) is 33.6 Å². The second-order valence-corrected chi connectivity index (χ2v) is 4.15. The quantitative estimate of drug-likeness (QED) is 0.648. The number of esters is 2. The summed E-state index contributed by atoms with van der Waals surface area (Å²) in [5, 5.41) is 18.2. The van der Waals surface area contributed by atoms with Crippen LogP contribution in [0.5, 0.6) is 0 Å². The Morgan fingerprint density at radius 1 is 1.21 bits per heavy atom. The summed E-state index contributed by atoms with van der Waals surface area (Å²) in [5.41, 5.74) is -1.27. The monoisotopic (exact) mass is 266 g/mol. The van der Waals surface area contributed by atoms with Gasteiger partial charge in [0.1, 0.15) is 0 Å². The molecule has 0 aromatic heterocycles. The van der Waals surface area contributed by atoms with Gasteiger partial charge in [-0.25, -0.2) is 0 Å². The molecule has 19 heavy (non-hydrogen) atoms. The van der Waals surface area contributed by atoms with Crippen molar-refractivity contribution in [3.05, 3.63) is 0 Å². The maximum atomic E-state index is 11.6. The molecule has 0 fully saturated rings. The minimum atomic E-state index is -1.27. The van der Waals surface area contributed by atoms with Crippen LogP contribution in [0.25, 0.3) is 0 Å². The van der Waals surface area contributed by atoms with E-state index in [2.05, 4.69) is 0 Å². The Kier molecular flexibility index (Phi) is 7.21. The fourth-order valence-corrected chi connectivity index (χ4v) is 1.54. The zero-order valence-corrected chi connectivity index (χ0v) is 11.4. The van der Waals surface area contributed by atoms with Gasteiger partial charge in [0.2, 0.25) is 0 Å². The highest BCUT2D eigenvalue weighted by Gasteiger charge is 2.41. The van der Waals surface area contributed by atoms with Crippen LogP contribution in [0.4, 0.5) is 0 Å². The first kappa shape index (κ1) is 16.9. The summed E-state index contributed by atoms with van der Waals surface area (Å²) in [5.74, 6) is -2.41. The van der Waals surface area contributed by atoms with Crippen LogP contribution in [0.1, 0.15) is 33.6 Å². The van der Waals surface area contributed by atoms with Gasteiger partial charge in [-0.15, -0.1) is 0 Å². The van der Waals surface area contributed by atoms with E-state index in [0.29, 0.717) is 0 Å². The van der Waals surface area contributed by atoms with Crippen molar-refractivity contribution in [2.75, 3.05) is 13.2 Å². The normalized spacial score (nSPS) is 14.4. The zero-order chi connectivity index (χ0) is 14.9. The lowest BCUT2D eigenvalue weighted by atomic mass is 9.75. The summed E-state index contributed by atoms with van der Waals surface area (Å²) >= 11 is 0. The number of carbonyl (C=O) groups excluding carboxylic acids is 2. The van der Waals surface area contributed by atoms with E-state index in [4.69, 9.17) is 14.7 Å². The third-order valence-electron chi connectivity index (χ3n) is 2.70. The maximum absolute atomic E-state index is 11.6. The van der Waals surface area contributed by atoms with Crippen LogP contribution in [0.3, 0.4) is 0 Å². The first-order valence-corrected chi connectivity index (χ1v) is 6.08. The lowest BCUT2D eigenvalue weighted by molar-refractivity contribution is -0.150. The number of hydrogen-bond acceptors (Lipinski definition) is 6. The number of hydrogen-bond donors (Lipinski definition) is 0. The van der Waals surface area contributed by atoms with Gasteiger partial charge in [0.25, 0.3) is 0 Å². The minimum absolute atomic E-state index is 0.0184. The van der Waals surface area contributed by atoms with Crippen molar-refractivity contribution in [1.29, 1.82) is 10.5 Å². The van der Waals surface area contributed by atoms with E-state index >= 15 is 0 Å². The zero-order valence-electron chi connectivity index (χ0n) is 11.4. The molecule has 0 aliphatic carbocycles. The number of carbonyl (C=O) groups is 2. The highest BCUT2D eigenvalue weighted by molar-refractivity contribution is 5.77. The standard InChI is InChI=1S/C13H18N2O4/c1-4-18-11(16)6-7-13(3,9-15)10(8-14)12(17)19-5-2/h10H,4-7H2,1-3H3. The van der Waals surface area contributed by atoms with E-state index < -0.39 is 23.3 Å². The van der Waals surface area contributed by atoms with Crippen LogP contribution in [-0.2, 0) is 19.1 Å². The molecule has 0 aromatic rings. The molecule has 0 aliphatic heterocycles. The molecule has 0 N–H and O–H groups in total. The summed E-state index contributed by atoms with van der Waals surface area (Å²) in [6.07, 6.45) is 0.0505. The molecule has 6 heteroatoms. The third kappa shape index (κ3) is 4.97. The molecule has 0 heterocycles. The molecule has 6 nitrogen and oxygen atoms in total. The van der Waals surface area contributed by atoms with Crippen molar-refractivity contribution in [3.63, 3.8) is 0 Å². The summed E-state index contributed by atoms with van der Waals surface area (Å²) < 4.78 is 9.52. The molecule has 0 saturated heterocycles. The Morgan fingerprint density at radius 3 is 2.21 bits per heavy atom. The Bertz CT molecular complexity index is 408. The first-order valence-electron chi connectivity index (χ1n) is 6.08. The topological polar surface area (TPSA) is 100 Å². The Hall–Kier alpha value is -2.08. The molecule has 0 amide bonds. The van der Waals surface area contributed by atoms with Crippen molar-refractivity contribution >= 4 is 11.9 Å². The lowest BCUT2D eigenvalue weighted by Crippen LogP contribution is -2.33. The number of nitriles is 2. The fourth-order valence-electron chi connectivity index (χ4n) is 1.54. The van der Waals surface area contributed by atoms with Crippen LogP contribution in [0, 0.1) is 34.0 Å². The lowest BCUT2D eigenvalue weighted by Gasteiger charge is -2.24. The third-order valence-corrected chi connectivity index (χ3v) is 2.70. The van der Waals surface area contributed by atoms with Crippen LogP contribution in [0.2, 0.25) is 0 Å². The molecule has 0 aliphatic rings. The van der Waals surface area contributed by atoms with E-state index in [1.807, 2.05) is 6.07 Å². The van der Waals surface area contributed by atoms with Gasteiger partial charge in [0, 0.05) is 6.42 Å². The smallest absolute Gasteiger partial charge is 0.324 e. The molecule has 0 aromatic carbocycles. The maximum Gasteiger partial charge on any atom is 0.324 e. The van der Waals surface area contributed by atoms with Gasteiger partial charge in [0.15, 0.2) is 5.92 Å². The van der Waals surface area contributed by atoms with Crippen LogP contribution < -0.4 is 0 Å². The van der Waals surface area contributed by atoms with E-state index in [-0.39, 0.29) is 26.1 Å². The summed E-state index contributed by atoms with van der Waals surface area (Å²) in [7, 11) is 0. The molecule has 0 radical (unpaired) electrons. The van der Waals surface area contributed by atoms with Gasteiger partial charge < -0.3 is 9.47 Å². The average molecular weight is 266 g/mol. The van der Waals surface area contributed by atoms with Crippen molar-refractivity contribution in [3.8, 4) is 12.1 Å². The van der Waals surface area contributed by atoms with Crippen molar-refractivity contribution < 1.29 is 19.1 Å². The van der Waals surface area contributed by atoms with Crippen LogP contribution in [-0.4, -0.2) is 25.2 Å². The minimum Gasteiger partial charge on any atom is -0.466 e. The number of ether oxygens (including phenoxy) is 2. The van der Waals surface area contributed by atoms with E-state index in [1.54, 1.807) is 19.9 Å². The number of nitrogens with zero attached hydrogens (tertiary/aromatic N) is 2. The summed E-state index contributed by atoms with van der Waals surface area (Å²) in [6, 6.07) is 3.72. The second kappa shape index (κ2) is 8.10. The predicted octanol–water partition coefficient (Wildman–Crippen LogP) is 1.56. The van der Waals surface area contributed by atoms with E-state index in [1.165, 1.54) is 6.92 Å². The van der Waals surface area contributed by atoms with Gasteiger partial charge in [-0.05, 0) is 27.2 Å². The first-order chi connectivity index (χ1) is 8.95. The Labute approximate surface area is 112 Å². The van der Waals surface area contributed by atoms with E-state index in [0.717, 1.165) is 0 Å². The van der Waals surface area contributed by atoms with Crippen molar-refractivity contribution in [2.24, 2.45) is 11.3 Å². The van der Waals surface area contributed by atoms with E-state index in [9.17, 15) is 14.9 Å². The highest BCUT2D eigenvalue weighted by Crippen LogP contribution is 2.32. The SMILES string of the molecule is CCOC(=O)CCC(C)(C#N)C(C#N)C(=O)OCC. The van der Waals surface area contributed by atoms with Crippen LogP contribution >= 0.6 is 0 Å².